The molecule has 2 aromatic carbocycles. The van der Waals surface area contributed by atoms with Gasteiger partial charge in [-0.25, -0.2) is 4.39 Å². The Morgan fingerprint density at radius 3 is 2.72 bits per heavy atom. The first-order chi connectivity index (χ1) is 8.58. The van der Waals surface area contributed by atoms with Gasteiger partial charge in [0.1, 0.15) is 18.2 Å². The van der Waals surface area contributed by atoms with Gasteiger partial charge < -0.3 is 10.5 Å². The quantitative estimate of drug-likeness (QED) is 0.846. The molecule has 2 nitrogen and oxygen atoms in total. The molecule has 0 saturated heterocycles. The molecule has 18 heavy (non-hydrogen) atoms. The average molecular weight is 331 g/mol. The van der Waals surface area contributed by atoms with E-state index in [4.69, 9.17) is 22.1 Å². The van der Waals surface area contributed by atoms with Crippen molar-refractivity contribution in [3.8, 4) is 5.75 Å². The van der Waals surface area contributed by atoms with Crippen LogP contribution in [0.2, 0.25) is 5.02 Å². The fourth-order valence-corrected chi connectivity index (χ4v) is 1.93. The van der Waals surface area contributed by atoms with Crippen molar-refractivity contribution in [2.24, 2.45) is 0 Å². The fourth-order valence-electron chi connectivity index (χ4n) is 1.45. The van der Waals surface area contributed by atoms with Crippen LogP contribution in [0, 0.1) is 5.82 Å². The Morgan fingerprint density at radius 2 is 2.06 bits per heavy atom. The van der Waals surface area contributed by atoms with E-state index in [9.17, 15) is 4.39 Å². The van der Waals surface area contributed by atoms with Gasteiger partial charge in [0.05, 0.1) is 4.47 Å². The summed E-state index contributed by atoms with van der Waals surface area (Å²) in [5.74, 6) is 0.0506. The first-order valence-corrected chi connectivity index (χ1v) is 6.35. The highest BCUT2D eigenvalue weighted by Crippen LogP contribution is 2.25. The van der Waals surface area contributed by atoms with Crippen molar-refractivity contribution < 1.29 is 9.13 Å². The van der Waals surface area contributed by atoms with Crippen molar-refractivity contribution in [1.29, 1.82) is 0 Å². The predicted octanol–water partition coefficient (Wildman–Crippen LogP) is 4.40. The van der Waals surface area contributed by atoms with E-state index in [-0.39, 0.29) is 12.4 Å². The van der Waals surface area contributed by atoms with Gasteiger partial charge in [-0.05, 0) is 40.2 Å². The molecule has 0 bridgehead atoms. The highest BCUT2D eigenvalue weighted by Gasteiger charge is 2.06. The molecule has 2 rings (SSSR count). The minimum Gasteiger partial charge on any atom is -0.489 e. The van der Waals surface area contributed by atoms with Crippen LogP contribution in [0.4, 0.5) is 10.1 Å². The summed E-state index contributed by atoms with van der Waals surface area (Å²) in [6.07, 6.45) is 0. The number of anilines is 1. The maximum atomic E-state index is 13.3. The zero-order valence-electron chi connectivity index (χ0n) is 9.29. The molecule has 2 aromatic rings. The van der Waals surface area contributed by atoms with E-state index < -0.39 is 0 Å². The molecule has 5 heteroatoms. The minimum atomic E-state index is -0.375. The van der Waals surface area contributed by atoms with Crippen LogP contribution < -0.4 is 10.5 Å². The number of halogens is 3. The largest absolute Gasteiger partial charge is 0.489 e. The number of nitrogens with two attached hydrogens (primary N) is 1. The van der Waals surface area contributed by atoms with E-state index in [1.54, 1.807) is 30.3 Å². The fraction of sp³-hybridized carbons (Fsp3) is 0.0769. The lowest BCUT2D eigenvalue weighted by molar-refractivity contribution is 0.305. The topological polar surface area (TPSA) is 35.2 Å². The molecule has 0 spiro atoms. The summed E-state index contributed by atoms with van der Waals surface area (Å²) in [5, 5.41) is 0.535. The summed E-state index contributed by atoms with van der Waals surface area (Å²) in [6, 6.07) is 9.80. The lowest BCUT2D eigenvalue weighted by Gasteiger charge is -2.10. The average Bonchev–Trinajstić information content (AvgIpc) is 2.33. The number of benzene rings is 2. The lowest BCUT2D eigenvalue weighted by Crippen LogP contribution is -2.01. The molecule has 0 saturated carbocycles. The van der Waals surface area contributed by atoms with Gasteiger partial charge in [0.25, 0.3) is 0 Å². The molecule has 0 atom stereocenters. The molecule has 0 fully saturated rings. The van der Waals surface area contributed by atoms with Crippen molar-refractivity contribution in [3.63, 3.8) is 0 Å². The maximum absolute atomic E-state index is 13.3. The van der Waals surface area contributed by atoms with Crippen molar-refractivity contribution in [2.75, 3.05) is 5.73 Å². The molecule has 0 aliphatic carbocycles. The third-order valence-electron chi connectivity index (χ3n) is 2.43. The number of ether oxygens (including phenoxy) is 1. The van der Waals surface area contributed by atoms with Crippen LogP contribution in [0.1, 0.15) is 5.56 Å². The Balaban J connectivity index is 2.14. The van der Waals surface area contributed by atoms with Crippen molar-refractivity contribution in [2.45, 2.75) is 6.61 Å². The molecule has 94 valence electrons. The molecule has 0 aliphatic rings. The summed E-state index contributed by atoms with van der Waals surface area (Å²) in [4.78, 5) is 0. The van der Waals surface area contributed by atoms with Crippen LogP contribution in [-0.4, -0.2) is 0 Å². The normalized spacial score (nSPS) is 10.4. The van der Waals surface area contributed by atoms with Gasteiger partial charge in [0, 0.05) is 22.3 Å². The predicted molar refractivity (Wildman–Crippen MR) is 74.3 cm³/mol. The Kier molecular flexibility index (Phi) is 4.09. The van der Waals surface area contributed by atoms with Crippen LogP contribution in [0.25, 0.3) is 0 Å². The van der Waals surface area contributed by atoms with E-state index >= 15 is 0 Å². The van der Waals surface area contributed by atoms with Crippen molar-refractivity contribution >= 4 is 33.2 Å². The second-order valence-electron chi connectivity index (χ2n) is 3.67. The third-order valence-corrected chi connectivity index (χ3v) is 3.43. The van der Waals surface area contributed by atoms with E-state index in [2.05, 4.69) is 15.9 Å². The zero-order chi connectivity index (χ0) is 13.1. The van der Waals surface area contributed by atoms with Crippen LogP contribution in [0.5, 0.6) is 5.75 Å². The van der Waals surface area contributed by atoms with Gasteiger partial charge in [0.2, 0.25) is 0 Å². The Bertz CT molecular complexity index is 557. The van der Waals surface area contributed by atoms with Crippen molar-refractivity contribution in [1.82, 2.24) is 0 Å². The second kappa shape index (κ2) is 5.59. The Morgan fingerprint density at radius 1 is 1.28 bits per heavy atom. The Hall–Kier alpha value is -1.26. The molecule has 2 N–H and O–H groups in total. The van der Waals surface area contributed by atoms with E-state index in [0.29, 0.717) is 26.5 Å². The monoisotopic (exact) mass is 329 g/mol. The SMILES string of the molecule is Nc1cccc(Cl)c1COc1ccc(Br)c(F)c1. The van der Waals surface area contributed by atoms with E-state index in [1.807, 2.05) is 0 Å². The highest BCUT2D eigenvalue weighted by atomic mass is 79.9. The van der Waals surface area contributed by atoms with Gasteiger partial charge in [0.15, 0.2) is 0 Å². The van der Waals surface area contributed by atoms with Crippen LogP contribution in [0.15, 0.2) is 40.9 Å². The Labute approximate surface area is 118 Å². The number of hydrogen-bond acceptors (Lipinski definition) is 2. The standard InChI is InChI=1S/C13H10BrClFNO/c14-10-5-4-8(6-12(10)16)18-7-9-11(15)2-1-3-13(9)17/h1-6H,7,17H2. The van der Waals surface area contributed by atoms with Gasteiger partial charge in [-0.15, -0.1) is 0 Å². The molecule has 0 aromatic heterocycles. The third kappa shape index (κ3) is 2.94. The number of rotatable bonds is 3. The summed E-state index contributed by atoms with van der Waals surface area (Å²) in [7, 11) is 0. The van der Waals surface area contributed by atoms with Gasteiger partial charge in [-0.2, -0.15) is 0 Å². The molecule has 0 aliphatic heterocycles. The first-order valence-electron chi connectivity index (χ1n) is 5.18. The van der Waals surface area contributed by atoms with Crippen LogP contribution in [0.3, 0.4) is 0 Å². The smallest absolute Gasteiger partial charge is 0.141 e. The molecule has 0 unspecified atom stereocenters. The number of hydrogen-bond donors (Lipinski definition) is 1. The molecular formula is C13H10BrClFNO. The highest BCUT2D eigenvalue weighted by molar-refractivity contribution is 9.10. The van der Waals surface area contributed by atoms with Gasteiger partial charge in [-0.1, -0.05) is 17.7 Å². The summed E-state index contributed by atoms with van der Waals surface area (Å²) < 4.78 is 19.1. The second-order valence-corrected chi connectivity index (χ2v) is 4.93. The van der Waals surface area contributed by atoms with Crippen LogP contribution in [-0.2, 0) is 6.61 Å². The summed E-state index contributed by atoms with van der Waals surface area (Å²) >= 11 is 9.09. The minimum absolute atomic E-state index is 0.201. The van der Waals surface area contributed by atoms with Crippen molar-refractivity contribution in [3.05, 3.63) is 57.3 Å². The molecule has 0 amide bonds. The van der Waals surface area contributed by atoms with E-state index in [0.717, 1.165) is 0 Å². The lowest BCUT2D eigenvalue weighted by atomic mass is 10.2. The molecule has 0 radical (unpaired) electrons. The maximum Gasteiger partial charge on any atom is 0.141 e. The summed E-state index contributed by atoms with van der Waals surface area (Å²) in [6.45, 7) is 0.201. The van der Waals surface area contributed by atoms with Crippen LogP contribution >= 0.6 is 27.5 Å². The zero-order valence-corrected chi connectivity index (χ0v) is 11.6. The van der Waals surface area contributed by atoms with E-state index in [1.165, 1.54) is 6.07 Å². The molecular weight excluding hydrogens is 321 g/mol. The number of nitrogen functional groups attached to an aromatic ring is 1. The van der Waals surface area contributed by atoms with Gasteiger partial charge >= 0.3 is 0 Å². The first kappa shape index (κ1) is 13.2. The molecule has 0 heterocycles. The summed E-state index contributed by atoms with van der Waals surface area (Å²) in [5.41, 5.74) is 7.05. The van der Waals surface area contributed by atoms with Gasteiger partial charge in [-0.3, -0.25) is 0 Å².